The molecule has 2 aromatic rings. The summed E-state index contributed by atoms with van der Waals surface area (Å²) in [7, 11) is 0. The van der Waals surface area contributed by atoms with E-state index >= 15 is 0 Å². The van der Waals surface area contributed by atoms with Crippen LogP contribution in [0.25, 0.3) is 0 Å². The van der Waals surface area contributed by atoms with Gasteiger partial charge in [-0.1, -0.05) is 45.0 Å². The van der Waals surface area contributed by atoms with Crippen molar-refractivity contribution in [3.8, 4) is 5.75 Å². The van der Waals surface area contributed by atoms with Crippen molar-refractivity contribution in [1.29, 1.82) is 0 Å². The molecule has 0 aromatic heterocycles. The Hall–Kier alpha value is -2.49. The summed E-state index contributed by atoms with van der Waals surface area (Å²) in [5.74, 6) is 0.259. The molecule has 0 radical (unpaired) electrons. The highest BCUT2D eigenvalue weighted by molar-refractivity contribution is 5.84. The minimum Gasteiger partial charge on any atom is -0.508 e. The van der Waals surface area contributed by atoms with Gasteiger partial charge in [-0.05, 0) is 41.8 Å². The van der Waals surface area contributed by atoms with Crippen LogP contribution in [0.4, 0.5) is 10.5 Å². The molecule has 0 saturated heterocycles. The summed E-state index contributed by atoms with van der Waals surface area (Å²) < 4.78 is 5.00. The van der Waals surface area contributed by atoms with E-state index in [1.807, 2.05) is 43.3 Å². The highest BCUT2D eigenvalue weighted by Gasteiger charge is 2.23. The highest BCUT2D eigenvalue weighted by atomic mass is 16.5. The largest absolute Gasteiger partial charge is 0.508 e. The topological polar surface area (TPSA) is 58.6 Å². The van der Waals surface area contributed by atoms with E-state index in [9.17, 15) is 9.90 Å². The smallest absolute Gasteiger partial charge is 0.411 e. The van der Waals surface area contributed by atoms with Crippen LogP contribution in [0.3, 0.4) is 0 Å². The molecule has 0 bridgehead atoms. The van der Waals surface area contributed by atoms with Crippen LogP contribution < -0.4 is 5.32 Å². The van der Waals surface area contributed by atoms with E-state index in [4.69, 9.17) is 4.74 Å². The van der Waals surface area contributed by atoms with Gasteiger partial charge in [0.05, 0.1) is 6.61 Å². The first kappa shape index (κ1) is 16.9. The number of carbonyl (C=O) groups is 1. The van der Waals surface area contributed by atoms with Gasteiger partial charge >= 0.3 is 6.09 Å². The van der Waals surface area contributed by atoms with Gasteiger partial charge in [-0.3, -0.25) is 5.32 Å². The number of benzene rings is 2. The van der Waals surface area contributed by atoms with E-state index < -0.39 is 6.09 Å². The average Bonchev–Trinajstić information content (AvgIpc) is 2.54. The number of phenols is 1. The molecule has 2 aromatic carbocycles. The Balaban J connectivity index is 2.12. The maximum absolute atomic E-state index is 11.5. The predicted molar refractivity (Wildman–Crippen MR) is 91.9 cm³/mol. The molecule has 0 saturated carbocycles. The van der Waals surface area contributed by atoms with Crippen LogP contribution in [0.15, 0.2) is 48.5 Å². The molecular weight excluding hydrogens is 290 g/mol. The molecular formula is C19H23NO3. The van der Waals surface area contributed by atoms with Gasteiger partial charge in [-0.25, -0.2) is 4.79 Å². The summed E-state index contributed by atoms with van der Waals surface area (Å²) in [6.45, 7) is 6.61. The molecule has 2 rings (SSSR count). The summed E-state index contributed by atoms with van der Waals surface area (Å²) >= 11 is 0. The maximum Gasteiger partial charge on any atom is 0.411 e. The molecule has 0 atom stereocenters. The van der Waals surface area contributed by atoms with Gasteiger partial charge in [0.1, 0.15) is 5.75 Å². The Kier molecular flexibility index (Phi) is 5.27. The first-order valence-electron chi connectivity index (χ1n) is 7.77. The first-order valence-corrected chi connectivity index (χ1v) is 7.77. The number of amides is 1. The summed E-state index contributed by atoms with van der Waals surface area (Å²) in [6, 6.07) is 14.9. The molecule has 0 aliphatic rings. The van der Waals surface area contributed by atoms with Crippen molar-refractivity contribution in [2.45, 2.75) is 32.6 Å². The fourth-order valence-electron chi connectivity index (χ4n) is 2.36. The second-order valence-corrected chi connectivity index (χ2v) is 6.01. The van der Waals surface area contributed by atoms with Crippen molar-refractivity contribution < 1.29 is 14.6 Å². The predicted octanol–water partition coefficient (Wildman–Crippen LogP) is 4.68. The van der Waals surface area contributed by atoms with Gasteiger partial charge in [0.15, 0.2) is 0 Å². The fraction of sp³-hybridized carbons (Fsp3) is 0.316. The third kappa shape index (κ3) is 4.25. The molecule has 122 valence electrons. The average molecular weight is 313 g/mol. The molecule has 23 heavy (non-hydrogen) atoms. The number of ether oxygens (including phenoxy) is 1. The minimum atomic E-state index is -0.433. The lowest BCUT2D eigenvalue weighted by Gasteiger charge is -2.26. The number of nitrogens with one attached hydrogen (secondary N) is 1. The number of carbonyl (C=O) groups excluding carboxylic acids is 1. The molecule has 2 N–H and O–H groups in total. The first-order chi connectivity index (χ1) is 10.9. The SMILES string of the molecule is CCCOC(=O)Nc1ccc(C(C)(C)c2ccc(O)cc2)cc1. The molecule has 0 spiro atoms. The van der Waals surface area contributed by atoms with E-state index in [2.05, 4.69) is 19.2 Å². The van der Waals surface area contributed by atoms with Crippen molar-refractivity contribution in [1.82, 2.24) is 0 Å². The number of anilines is 1. The van der Waals surface area contributed by atoms with Gasteiger partial charge < -0.3 is 9.84 Å². The fourth-order valence-corrected chi connectivity index (χ4v) is 2.36. The third-order valence-electron chi connectivity index (χ3n) is 3.88. The third-order valence-corrected chi connectivity index (χ3v) is 3.88. The Morgan fingerprint density at radius 2 is 1.57 bits per heavy atom. The highest BCUT2D eigenvalue weighted by Crippen LogP contribution is 2.32. The van der Waals surface area contributed by atoms with Crippen molar-refractivity contribution in [2.75, 3.05) is 11.9 Å². The maximum atomic E-state index is 11.5. The van der Waals surface area contributed by atoms with Crippen LogP contribution in [0.2, 0.25) is 0 Å². The molecule has 4 nitrogen and oxygen atoms in total. The normalized spacial score (nSPS) is 11.1. The molecule has 4 heteroatoms. The van der Waals surface area contributed by atoms with Gasteiger partial charge in [-0.15, -0.1) is 0 Å². The number of hydrogen-bond donors (Lipinski definition) is 2. The van der Waals surface area contributed by atoms with E-state index in [1.54, 1.807) is 12.1 Å². The number of aromatic hydroxyl groups is 1. The summed E-state index contributed by atoms with van der Waals surface area (Å²) in [5, 5.41) is 12.1. The van der Waals surface area contributed by atoms with Crippen molar-refractivity contribution in [2.24, 2.45) is 0 Å². The number of phenolic OH excluding ortho intramolecular Hbond substituents is 1. The van der Waals surface area contributed by atoms with Crippen LogP contribution in [0.1, 0.15) is 38.3 Å². The van der Waals surface area contributed by atoms with E-state index in [0.717, 1.165) is 17.5 Å². The lowest BCUT2D eigenvalue weighted by Crippen LogP contribution is -2.19. The minimum absolute atomic E-state index is 0.199. The van der Waals surface area contributed by atoms with Crippen LogP contribution in [-0.2, 0) is 10.2 Å². The lowest BCUT2D eigenvalue weighted by molar-refractivity contribution is 0.161. The quantitative estimate of drug-likeness (QED) is 0.843. The lowest BCUT2D eigenvalue weighted by atomic mass is 9.78. The Labute approximate surface area is 137 Å². The van der Waals surface area contributed by atoms with Gasteiger partial charge in [-0.2, -0.15) is 0 Å². The van der Waals surface area contributed by atoms with Crippen molar-refractivity contribution in [3.05, 3.63) is 59.7 Å². The zero-order valence-corrected chi connectivity index (χ0v) is 13.8. The standard InChI is InChI=1S/C19H23NO3/c1-4-13-23-18(22)20-16-9-5-14(6-10-16)19(2,3)15-7-11-17(21)12-8-15/h5-12,21H,4,13H2,1-3H3,(H,20,22). The van der Waals surface area contributed by atoms with Gasteiger partial charge in [0, 0.05) is 11.1 Å². The second-order valence-electron chi connectivity index (χ2n) is 6.01. The second kappa shape index (κ2) is 7.18. The van der Waals surface area contributed by atoms with Crippen molar-refractivity contribution in [3.63, 3.8) is 0 Å². The summed E-state index contributed by atoms with van der Waals surface area (Å²) in [6.07, 6.45) is 0.366. The molecule has 0 heterocycles. The zero-order chi connectivity index (χ0) is 16.9. The number of rotatable bonds is 5. The molecule has 0 unspecified atom stereocenters. The monoisotopic (exact) mass is 313 g/mol. The van der Waals surface area contributed by atoms with Crippen LogP contribution in [0, 0.1) is 0 Å². The molecule has 0 aliphatic carbocycles. The Morgan fingerprint density at radius 1 is 1.04 bits per heavy atom. The van der Waals surface area contributed by atoms with E-state index in [1.165, 1.54) is 0 Å². The molecule has 0 aliphatic heterocycles. The van der Waals surface area contributed by atoms with E-state index in [0.29, 0.717) is 12.3 Å². The zero-order valence-electron chi connectivity index (χ0n) is 13.8. The van der Waals surface area contributed by atoms with Gasteiger partial charge in [0.2, 0.25) is 0 Å². The Morgan fingerprint density at radius 3 is 2.09 bits per heavy atom. The van der Waals surface area contributed by atoms with Gasteiger partial charge in [0.25, 0.3) is 0 Å². The molecule has 1 amide bonds. The van der Waals surface area contributed by atoms with Crippen molar-refractivity contribution >= 4 is 11.8 Å². The Bertz CT molecular complexity index is 645. The van der Waals surface area contributed by atoms with Crippen LogP contribution in [0.5, 0.6) is 5.75 Å². The summed E-state index contributed by atoms with van der Waals surface area (Å²) in [5.41, 5.74) is 2.74. The van der Waals surface area contributed by atoms with E-state index in [-0.39, 0.29) is 11.2 Å². The molecule has 0 fully saturated rings. The number of hydrogen-bond acceptors (Lipinski definition) is 3. The van der Waals surface area contributed by atoms with Crippen LogP contribution in [-0.4, -0.2) is 17.8 Å². The van der Waals surface area contributed by atoms with Crippen LogP contribution >= 0.6 is 0 Å². The summed E-state index contributed by atoms with van der Waals surface area (Å²) in [4.78, 5) is 11.5.